The molecule has 2 N–H and O–H groups in total. The van der Waals surface area contributed by atoms with Crippen molar-refractivity contribution in [3.05, 3.63) is 72.3 Å². The van der Waals surface area contributed by atoms with E-state index in [4.69, 9.17) is 0 Å². The van der Waals surface area contributed by atoms with Crippen LogP contribution in [0.2, 0.25) is 0 Å². The summed E-state index contributed by atoms with van der Waals surface area (Å²) >= 11 is 0. The van der Waals surface area contributed by atoms with Gasteiger partial charge in [-0.3, -0.25) is 9.10 Å². The van der Waals surface area contributed by atoms with Crippen LogP contribution in [0.15, 0.2) is 65.7 Å². The number of carbonyl (C=O) groups is 1. The van der Waals surface area contributed by atoms with Gasteiger partial charge in [0.2, 0.25) is 21.9 Å². The molecule has 0 aliphatic heterocycles. The summed E-state index contributed by atoms with van der Waals surface area (Å²) in [5.41, 5.74) is 0.985. The molecular formula is C22H24FN5O5S2. The number of halogens is 1. The highest BCUT2D eigenvalue weighted by Crippen LogP contribution is 2.24. The number of carbonyl (C=O) groups excluding carboxylic acids is 1. The Hall–Kier alpha value is -3.58. The Balaban J connectivity index is 1.79. The topological polar surface area (TPSA) is 138 Å². The van der Waals surface area contributed by atoms with Gasteiger partial charge in [0.1, 0.15) is 11.9 Å². The number of amides is 1. The number of hydrogen-bond donors (Lipinski definition) is 2. The minimum Gasteiger partial charge on any atom is -0.324 e. The molecule has 13 heteroatoms. The van der Waals surface area contributed by atoms with E-state index in [1.165, 1.54) is 42.6 Å². The Morgan fingerprint density at radius 3 is 2.20 bits per heavy atom. The fraction of sp³-hybridized carbons (Fsp3) is 0.227. The lowest BCUT2D eigenvalue weighted by Gasteiger charge is -2.30. The third-order valence-electron chi connectivity index (χ3n) is 4.86. The predicted molar refractivity (Wildman–Crippen MR) is 130 cm³/mol. The van der Waals surface area contributed by atoms with Crippen molar-refractivity contribution in [1.29, 1.82) is 0 Å². The second-order valence-electron chi connectivity index (χ2n) is 7.60. The maximum atomic E-state index is 13.3. The zero-order valence-electron chi connectivity index (χ0n) is 19.1. The van der Waals surface area contributed by atoms with Gasteiger partial charge in [-0.05, 0) is 67.9 Å². The molecule has 0 bridgehead atoms. The fourth-order valence-corrected chi connectivity index (χ4v) is 5.43. The van der Waals surface area contributed by atoms with Crippen molar-refractivity contribution in [3.63, 3.8) is 0 Å². The van der Waals surface area contributed by atoms with Crippen molar-refractivity contribution >= 4 is 43.3 Å². The zero-order valence-corrected chi connectivity index (χ0v) is 20.8. The van der Waals surface area contributed by atoms with Crippen molar-refractivity contribution in [3.8, 4) is 0 Å². The summed E-state index contributed by atoms with van der Waals surface area (Å²) in [4.78, 5) is 20.8. The quantitative estimate of drug-likeness (QED) is 0.441. The van der Waals surface area contributed by atoms with Gasteiger partial charge in [-0.15, -0.1) is 0 Å². The molecule has 1 unspecified atom stereocenters. The van der Waals surface area contributed by atoms with Crippen LogP contribution in [-0.4, -0.2) is 45.0 Å². The number of aromatic nitrogens is 2. The van der Waals surface area contributed by atoms with Gasteiger partial charge in [-0.25, -0.2) is 35.9 Å². The first-order chi connectivity index (χ1) is 16.4. The van der Waals surface area contributed by atoms with Gasteiger partial charge in [0, 0.05) is 17.6 Å². The molecule has 0 saturated carbocycles. The van der Waals surface area contributed by atoms with Gasteiger partial charge in [0.05, 0.1) is 16.8 Å². The first kappa shape index (κ1) is 26.0. The van der Waals surface area contributed by atoms with E-state index in [-0.39, 0.29) is 28.6 Å². The summed E-state index contributed by atoms with van der Waals surface area (Å²) in [7, 11) is -7.86. The molecule has 1 atom stereocenters. The monoisotopic (exact) mass is 521 g/mol. The van der Waals surface area contributed by atoms with E-state index in [1.54, 1.807) is 19.9 Å². The molecule has 2 aromatic carbocycles. The number of rotatable bonds is 9. The van der Waals surface area contributed by atoms with Gasteiger partial charge in [0.25, 0.3) is 10.0 Å². The van der Waals surface area contributed by atoms with Crippen LogP contribution in [0.25, 0.3) is 0 Å². The van der Waals surface area contributed by atoms with E-state index in [9.17, 15) is 26.0 Å². The predicted octanol–water partition coefficient (Wildman–Crippen LogP) is 2.91. The van der Waals surface area contributed by atoms with E-state index < -0.39 is 37.8 Å². The Morgan fingerprint density at radius 1 is 1.03 bits per heavy atom. The van der Waals surface area contributed by atoms with Crippen LogP contribution in [0.3, 0.4) is 0 Å². The molecule has 0 spiro atoms. The number of sulfonamides is 2. The molecule has 35 heavy (non-hydrogen) atoms. The lowest BCUT2D eigenvalue weighted by atomic mass is 10.2. The summed E-state index contributed by atoms with van der Waals surface area (Å²) < 4.78 is 66.7. The fourth-order valence-electron chi connectivity index (χ4n) is 3.27. The standard InChI is InChI=1S/C22H24FN5O5S2/c1-4-20(28(34(3,30)31)18-9-5-16(23)6-10-18)21(29)26-17-7-11-19(12-8-17)35(32,33)27-22-24-14-13-15(2)25-22/h5-14,20H,4H2,1-3H3,(H,26,29)(H,24,25,27). The molecule has 3 rings (SSSR count). The van der Waals surface area contributed by atoms with Crippen LogP contribution in [0.4, 0.5) is 21.7 Å². The Bertz CT molecular complexity index is 1410. The molecule has 0 saturated heterocycles. The highest BCUT2D eigenvalue weighted by molar-refractivity contribution is 7.92. The number of aryl methyl sites for hydroxylation is 1. The van der Waals surface area contributed by atoms with E-state index in [2.05, 4.69) is 20.0 Å². The number of anilines is 3. The van der Waals surface area contributed by atoms with Gasteiger partial charge < -0.3 is 5.32 Å². The lowest BCUT2D eigenvalue weighted by molar-refractivity contribution is -0.117. The summed E-state index contributed by atoms with van der Waals surface area (Å²) in [6, 6.07) is 10.6. The van der Waals surface area contributed by atoms with Crippen LogP contribution in [-0.2, 0) is 24.8 Å². The Kier molecular flexibility index (Phi) is 7.70. The molecule has 3 aromatic rings. The number of nitrogens with one attached hydrogen (secondary N) is 2. The molecule has 0 fully saturated rings. The van der Waals surface area contributed by atoms with Gasteiger partial charge in [-0.2, -0.15) is 0 Å². The van der Waals surface area contributed by atoms with Crippen LogP contribution < -0.4 is 14.3 Å². The summed E-state index contributed by atoms with van der Waals surface area (Å²) in [6.45, 7) is 3.34. The SMILES string of the molecule is CCC(C(=O)Nc1ccc(S(=O)(=O)Nc2nccc(C)n2)cc1)N(c1ccc(F)cc1)S(C)(=O)=O. The zero-order chi connectivity index (χ0) is 25.8. The van der Waals surface area contributed by atoms with Gasteiger partial charge in [0.15, 0.2) is 0 Å². The number of benzene rings is 2. The molecule has 10 nitrogen and oxygen atoms in total. The second kappa shape index (κ2) is 10.4. The van der Waals surface area contributed by atoms with Gasteiger partial charge in [-0.1, -0.05) is 6.92 Å². The van der Waals surface area contributed by atoms with E-state index in [1.807, 2.05) is 0 Å². The van der Waals surface area contributed by atoms with Crippen LogP contribution in [0.1, 0.15) is 19.0 Å². The smallest absolute Gasteiger partial charge is 0.264 e. The second-order valence-corrected chi connectivity index (χ2v) is 11.1. The molecule has 0 aliphatic rings. The van der Waals surface area contributed by atoms with Crippen molar-refractivity contribution in [2.24, 2.45) is 0 Å². The van der Waals surface area contributed by atoms with Crippen molar-refractivity contribution in [2.45, 2.75) is 31.2 Å². The van der Waals surface area contributed by atoms with Gasteiger partial charge >= 0.3 is 0 Å². The average molecular weight is 522 g/mol. The first-order valence-electron chi connectivity index (χ1n) is 10.4. The maximum Gasteiger partial charge on any atom is 0.264 e. The minimum atomic E-state index is -3.97. The normalized spacial score (nSPS) is 12.6. The third kappa shape index (κ3) is 6.51. The largest absolute Gasteiger partial charge is 0.324 e. The summed E-state index contributed by atoms with van der Waals surface area (Å²) in [5.74, 6) is -1.25. The summed E-state index contributed by atoms with van der Waals surface area (Å²) in [6.07, 6.45) is 2.51. The van der Waals surface area contributed by atoms with E-state index in [0.29, 0.717) is 5.69 Å². The molecule has 0 aliphatic carbocycles. The Morgan fingerprint density at radius 2 is 1.66 bits per heavy atom. The molecular weight excluding hydrogens is 497 g/mol. The summed E-state index contributed by atoms with van der Waals surface area (Å²) in [5, 5.41) is 2.60. The van der Waals surface area contributed by atoms with Crippen LogP contribution >= 0.6 is 0 Å². The molecule has 0 radical (unpaired) electrons. The highest BCUT2D eigenvalue weighted by atomic mass is 32.2. The molecule has 1 amide bonds. The third-order valence-corrected chi connectivity index (χ3v) is 7.39. The van der Waals surface area contributed by atoms with Crippen molar-refractivity contribution < 1.29 is 26.0 Å². The van der Waals surface area contributed by atoms with Crippen molar-refractivity contribution in [1.82, 2.24) is 9.97 Å². The lowest BCUT2D eigenvalue weighted by Crippen LogP contribution is -2.47. The molecule has 1 heterocycles. The first-order valence-corrected chi connectivity index (χ1v) is 13.7. The average Bonchev–Trinajstić information content (AvgIpc) is 2.77. The minimum absolute atomic E-state index is 0.0742. The molecule has 186 valence electrons. The van der Waals surface area contributed by atoms with Crippen molar-refractivity contribution in [2.75, 3.05) is 20.6 Å². The van der Waals surface area contributed by atoms with E-state index in [0.717, 1.165) is 22.7 Å². The maximum absolute atomic E-state index is 13.3. The van der Waals surface area contributed by atoms with E-state index >= 15 is 0 Å². The van der Waals surface area contributed by atoms with Crippen LogP contribution in [0.5, 0.6) is 0 Å². The molecule has 1 aromatic heterocycles. The highest BCUT2D eigenvalue weighted by Gasteiger charge is 2.31. The van der Waals surface area contributed by atoms with Crippen LogP contribution in [0, 0.1) is 12.7 Å². The Labute approximate surface area is 203 Å². The number of nitrogens with zero attached hydrogens (tertiary/aromatic N) is 3. The number of hydrogen-bond acceptors (Lipinski definition) is 7.